The summed E-state index contributed by atoms with van der Waals surface area (Å²) in [5, 5.41) is 0. The van der Waals surface area contributed by atoms with Gasteiger partial charge in [-0.25, -0.2) is 0 Å². The molecule has 7 unspecified atom stereocenters. The second-order valence-electron chi connectivity index (χ2n) is 7.04. The van der Waals surface area contributed by atoms with Crippen molar-refractivity contribution in [2.75, 3.05) is 0 Å². The zero-order valence-electron chi connectivity index (χ0n) is 8.06. The number of hydrogen-bond acceptors (Lipinski definition) is 0. The Morgan fingerprint density at radius 2 is 1.08 bits per heavy atom. The fourth-order valence-corrected chi connectivity index (χ4v) is 7.92. The molecular weight excluding hydrogens is 156 g/mol. The predicted octanol–water partition coefficient (Wildman–Crippen LogP) is 2.26. The van der Waals surface area contributed by atoms with E-state index < -0.39 is 0 Å². The van der Waals surface area contributed by atoms with Crippen LogP contribution in [0.2, 0.25) is 0 Å². The lowest BCUT2D eigenvalue weighted by molar-refractivity contribution is -0.467. The largest absolute Gasteiger partial charge is 0.0619 e. The van der Waals surface area contributed by atoms with Gasteiger partial charge in [0, 0.05) is 0 Å². The summed E-state index contributed by atoms with van der Waals surface area (Å²) >= 11 is 0. The highest BCUT2D eigenvalue weighted by Crippen LogP contribution is 2.92. The van der Waals surface area contributed by atoms with Crippen molar-refractivity contribution in [3.8, 4) is 0 Å². The molecule has 7 saturated carbocycles. The highest BCUT2D eigenvalue weighted by molar-refractivity contribution is 5.35. The van der Waals surface area contributed by atoms with Crippen molar-refractivity contribution in [2.24, 2.45) is 65.1 Å². The molecule has 7 aliphatic rings. The number of hydrogen-bond donors (Lipinski definition) is 0. The third-order valence-electron chi connectivity index (χ3n) is 7.74. The molecule has 0 spiro atoms. The molecule has 0 amide bonds. The monoisotopic (exact) mass is 172 g/mol. The van der Waals surface area contributed by atoms with Gasteiger partial charge < -0.3 is 0 Å². The third kappa shape index (κ3) is 0.293. The van der Waals surface area contributed by atoms with Crippen molar-refractivity contribution in [3.63, 3.8) is 0 Å². The maximum atomic E-state index is 2.60. The van der Waals surface area contributed by atoms with E-state index in [9.17, 15) is 0 Å². The molecule has 0 aromatic rings. The van der Waals surface area contributed by atoms with E-state index in [0.29, 0.717) is 0 Å². The van der Waals surface area contributed by atoms with Crippen LogP contribution >= 0.6 is 0 Å². The standard InChI is InChI=1S/C13H16/c1-3-6-4-2-5-7(3)11-9(5)12-8(4)10(6)13(11)12/h3-13H,2H2,1H3/t3?,4-,5?,6+,7?,8?,9+,10?,11-,12?,13?/m1/s1. The predicted molar refractivity (Wildman–Crippen MR) is 48.7 cm³/mol. The Kier molecular flexibility index (Phi) is 0.558. The van der Waals surface area contributed by atoms with E-state index >= 15 is 0 Å². The van der Waals surface area contributed by atoms with Gasteiger partial charge in [0.1, 0.15) is 0 Å². The Hall–Kier alpha value is 0. The molecule has 0 aromatic heterocycles. The molecule has 7 fully saturated rings. The maximum Gasteiger partial charge on any atom is -0.0312 e. The minimum absolute atomic E-state index is 1.16. The van der Waals surface area contributed by atoms with Crippen molar-refractivity contribution in [1.82, 2.24) is 0 Å². The van der Waals surface area contributed by atoms with Gasteiger partial charge in [0.15, 0.2) is 0 Å². The molecule has 0 aromatic carbocycles. The van der Waals surface area contributed by atoms with Crippen molar-refractivity contribution in [1.29, 1.82) is 0 Å². The highest BCUT2D eigenvalue weighted by atomic mass is 14.9. The first kappa shape index (κ1) is 5.78. The fraction of sp³-hybridized carbons (Fsp3) is 1.00. The Morgan fingerprint density at radius 1 is 0.615 bits per heavy atom. The van der Waals surface area contributed by atoms with E-state index in [-0.39, 0.29) is 0 Å². The van der Waals surface area contributed by atoms with Crippen LogP contribution in [0.1, 0.15) is 13.3 Å². The molecule has 7 aliphatic carbocycles. The van der Waals surface area contributed by atoms with E-state index in [1.54, 1.807) is 6.42 Å². The van der Waals surface area contributed by atoms with E-state index in [1.165, 1.54) is 59.2 Å². The quantitative estimate of drug-likeness (QED) is 0.526. The Balaban J connectivity index is 1.68. The van der Waals surface area contributed by atoms with Crippen LogP contribution in [0.3, 0.4) is 0 Å². The Morgan fingerprint density at radius 3 is 1.69 bits per heavy atom. The molecule has 4 bridgehead atoms. The van der Waals surface area contributed by atoms with Crippen LogP contribution in [-0.2, 0) is 0 Å². The molecule has 0 N–H and O–H groups in total. The summed E-state index contributed by atoms with van der Waals surface area (Å²) in [5.74, 6) is 13.9. The van der Waals surface area contributed by atoms with Gasteiger partial charge in [-0.1, -0.05) is 6.92 Å². The van der Waals surface area contributed by atoms with E-state index in [1.807, 2.05) is 0 Å². The van der Waals surface area contributed by atoms with Crippen LogP contribution in [0.25, 0.3) is 0 Å². The van der Waals surface area contributed by atoms with Gasteiger partial charge in [0.2, 0.25) is 0 Å². The highest BCUT2D eigenvalue weighted by Gasteiger charge is 2.88. The zero-order chi connectivity index (χ0) is 8.06. The van der Waals surface area contributed by atoms with Crippen LogP contribution in [0.15, 0.2) is 0 Å². The molecular formula is C13H16. The first-order valence-corrected chi connectivity index (χ1v) is 6.39. The maximum absolute atomic E-state index is 2.60. The molecule has 11 atom stereocenters. The summed E-state index contributed by atoms with van der Waals surface area (Å²) in [6, 6.07) is 0. The Labute approximate surface area is 79.1 Å². The van der Waals surface area contributed by atoms with Gasteiger partial charge in [0.05, 0.1) is 0 Å². The van der Waals surface area contributed by atoms with Crippen molar-refractivity contribution < 1.29 is 0 Å². The third-order valence-corrected chi connectivity index (χ3v) is 7.74. The minimum Gasteiger partial charge on any atom is -0.0619 e. The molecule has 7 rings (SSSR count). The second-order valence-corrected chi connectivity index (χ2v) is 7.04. The molecule has 0 heterocycles. The van der Waals surface area contributed by atoms with Crippen LogP contribution in [0, 0.1) is 65.1 Å². The molecule has 0 radical (unpaired) electrons. The average Bonchev–Trinajstić information content (AvgIpc) is 1.90. The molecule has 0 heteroatoms. The molecule has 0 saturated heterocycles. The van der Waals surface area contributed by atoms with Crippen LogP contribution in [-0.4, -0.2) is 0 Å². The van der Waals surface area contributed by atoms with Gasteiger partial charge in [0.25, 0.3) is 0 Å². The van der Waals surface area contributed by atoms with Crippen LogP contribution in [0.4, 0.5) is 0 Å². The van der Waals surface area contributed by atoms with Gasteiger partial charge >= 0.3 is 0 Å². The molecule has 0 nitrogen and oxygen atoms in total. The summed E-state index contributed by atoms with van der Waals surface area (Å²) in [4.78, 5) is 0. The normalized spacial score (nSPS) is 93.5. The summed E-state index contributed by atoms with van der Waals surface area (Å²) < 4.78 is 0. The van der Waals surface area contributed by atoms with E-state index in [2.05, 4.69) is 6.92 Å². The second kappa shape index (κ2) is 1.26. The first-order valence-electron chi connectivity index (χ1n) is 6.39. The van der Waals surface area contributed by atoms with Gasteiger partial charge in [-0.2, -0.15) is 0 Å². The van der Waals surface area contributed by atoms with E-state index in [4.69, 9.17) is 0 Å². The summed E-state index contributed by atoms with van der Waals surface area (Å²) in [6.07, 6.45) is 1.69. The van der Waals surface area contributed by atoms with Gasteiger partial charge in [-0.3, -0.25) is 0 Å². The number of rotatable bonds is 0. The van der Waals surface area contributed by atoms with Gasteiger partial charge in [-0.15, -0.1) is 0 Å². The van der Waals surface area contributed by atoms with E-state index in [0.717, 1.165) is 5.92 Å². The lowest BCUT2D eigenvalue weighted by Crippen LogP contribution is -2.90. The van der Waals surface area contributed by atoms with Crippen LogP contribution in [0.5, 0.6) is 0 Å². The molecule has 0 aliphatic heterocycles. The summed E-state index contributed by atoms with van der Waals surface area (Å²) in [6.45, 7) is 2.60. The van der Waals surface area contributed by atoms with Crippen molar-refractivity contribution in [3.05, 3.63) is 0 Å². The van der Waals surface area contributed by atoms with Crippen LogP contribution < -0.4 is 0 Å². The first-order chi connectivity index (χ1) is 6.39. The SMILES string of the molecule is CC1C2C3C[C@H]4C5C6C(C5[C@@H]14)[C@H]2[C@H]36. The fourth-order valence-electron chi connectivity index (χ4n) is 7.92. The average molecular weight is 172 g/mol. The lowest BCUT2D eigenvalue weighted by atomic mass is 9.11. The van der Waals surface area contributed by atoms with Crippen molar-refractivity contribution >= 4 is 0 Å². The van der Waals surface area contributed by atoms with Gasteiger partial charge in [-0.05, 0) is 71.5 Å². The summed E-state index contributed by atoms with van der Waals surface area (Å²) in [7, 11) is 0. The molecule has 13 heavy (non-hydrogen) atoms. The zero-order valence-corrected chi connectivity index (χ0v) is 8.06. The molecule has 68 valence electrons. The smallest absolute Gasteiger partial charge is 0.0312 e. The van der Waals surface area contributed by atoms with Crippen molar-refractivity contribution in [2.45, 2.75) is 13.3 Å². The topological polar surface area (TPSA) is 0 Å². The summed E-state index contributed by atoms with van der Waals surface area (Å²) in [5.41, 5.74) is 0. The minimum atomic E-state index is 1.16. The lowest BCUT2D eigenvalue weighted by Gasteiger charge is -2.94. The Bertz CT molecular complexity index is 282.